The number of furan rings is 2. The van der Waals surface area contributed by atoms with Crippen molar-refractivity contribution in [3.8, 4) is 0 Å². The van der Waals surface area contributed by atoms with Crippen LogP contribution in [0.5, 0.6) is 0 Å². The van der Waals surface area contributed by atoms with Gasteiger partial charge in [-0.15, -0.1) is 0 Å². The molecule has 10 heteroatoms. The summed E-state index contributed by atoms with van der Waals surface area (Å²) >= 11 is 0. The molecule has 3 aromatic rings. The number of hydrogen-bond acceptors (Lipinski definition) is 8. The fraction of sp³-hybridized carbons (Fsp3) is 0.406. The maximum absolute atomic E-state index is 14.0. The largest absolute Gasteiger partial charge is 0.468 e. The molecule has 1 N–H and O–H groups in total. The van der Waals surface area contributed by atoms with Crippen LogP contribution in [0.1, 0.15) is 42.6 Å². The zero-order valence-corrected chi connectivity index (χ0v) is 24.0. The summed E-state index contributed by atoms with van der Waals surface area (Å²) in [5.41, 5.74) is 0.188. The summed E-state index contributed by atoms with van der Waals surface area (Å²) in [5.74, 6) is -0.0447. The van der Waals surface area contributed by atoms with Gasteiger partial charge in [0.2, 0.25) is 11.8 Å². The van der Waals surface area contributed by atoms with E-state index in [9.17, 15) is 14.4 Å². The lowest BCUT2D eigenvalue weighted by molar-refractivity contribution is -0.178. The normalized spacial score (nSPS) is 23.7. The van der Waals surface area contributed by atoms with E-state index in [1.165, 1.54) is 18.3 Å². The number of ether oxygens (including phenoxy) is 3. The Labute approximate surface area is 244 Å². The molecule has 1 saturated heterocycles. The van der Waals surface area contributed by atoms with Gasteiger partial charge in [-0.3, -0.25) is 14.4 Å². The van der Waals surface area contributed by atoms with E-state index in [-0.39, 0.29) is 44.4 Å². The van der Waals surface area contributed by atoms with Gasteiger partial charge in [-0.05, 0) is 56.2 Å². The Kier molecular flexibility index (Phi) is 8.94. The second-order valence-electron chi connectivity index (χ2n) is 10.7. The Morgan fingerprint density at radius 3 is 2.60 bits per heavy atom. The van der Waals surface area contributed by atoms with Crippen molar-refractivity contribution in [1.82, 2.24) is 10.2 Å². The van der Waals surface area contributed by atoms with E-state index in [4.69, 9.17) is 23.0 Å². The number of likely N-dealkylation sites (tertiary alicyclic amines) is 1. The Hall–Kier alpha value is -4.15. The van der Waals surface area contributed by atoms with Crippen LogP contribution in [0.25, 0.3) is 0 Å². The molecule has 4 atom stereocenters. The number of carbonyl (C=O) groups is 3. The number of aryl methyl sites for hydroxylation is 1. The molecule has 0 bridgehead atoms. The highest BCUT2D eigenvalue weighted by molar-refractivity contribution is 5.92. The SMILES string of the molecule is COC(=O)[C@]12C[C@H](CC(=O)NCc3ccc(C)o3)C(=O)N(Cc3ccco3)C1=C[C@H](COCc1ccccc1)O[C@@H]2C. The van der Waals surface area contributed by atoms with Crippen molar-refractivity contribution in [2.24, 2.45) is 11.3 Å². The van der Waals surface area contributed by atoms with Gasteiger partial charge < -0.3 is 33.3 Å². The van der Waals surface area contributed by atoms with Crippen molar-refractivity contribution in [3.63, 3.8) is 0 Å². The zero-order chi connectivity index (χ0) is 29.7. The summed E-state index contributed by atoms with van der Waals surface area (Å²) < 4.78 is 28.7. The fourth-order valence-corrected chi connectivity index (χ4v) is 5.80. The van der Waals surface area contributed by atoms with Gasteiger partial charge in [-0.25, -0.2) is 0 Å². The van der Waals surface area contributed by atoms with Crippen LogP contribution < -0.4 is 5.32 Å². The van der Waals surface area contributed by atoms with Crippen molar-refractivity contribution in [2.75, 3.05) is 13.7 Å². The third-order valence-corrected chi connectivity index (χ3v) is 7.87. The third kappa shape index (κ3) is 6.19. The minimum atomic E-state index is -1.31. The predicted molar refractivity (Wildman–Crippen MR) is 150 cm³/mol. The van der Waals surface area contributed by atoms with Gasteiger partial charge in [-0.2, -0.15) is 0 Å². The molecule has 4 heterocycles. The van der Waals surface area contributed by atoms with Crippen molar-refractivity contribution in [3.05, 3.63) is 95.5 Å². The topological polar surface area (TPSA) is 120 Å². The first-order valence-electron chi connectivity index (χ1n) is 14.0. The van der Waals surface area contributed by atoms with E-state index in [0.29, 0.717) is 23.8 Å². The van der Waals surface area contributed by atoms with Gasteiger partial charge in [0.1, 0.15) is 28.8 Å². The lowest BCUT2D eigenvalue weighted by atomic mass is 9.66. The quantitative estimate of drug-likeness (QED) is 0.336. The first-order chi connectivity index (χ1) is 20.3. The van der Waals surface area contributed by atoms with Crippen LogP contribution >= 0.6 is 0 Å². The van der Waals surface area contributed by atoms with E-state index in [1.807, 2.05) is 43.3 Å². The standard InChI is InChI=1S/C32H36N2O8/c1-21-11-12-25(41-21)17-33-29(35)14-24-16-32(31(37)38-3)22(2)42-27(20-39-19-23-8-5-4-6-9-23)15-28(32)34(30(24)36)18-26-10-7-13-40-26/h4-13,15,22,24,27H,14,16-20H2,1-3H3,(H,33,35)/t22-,24+,27-,32+/m1/s1. The molecule has 42 heavy (non-hydrogen) atoms. The average Bonchev–Trinajstić information content (AvgIpc) is 3.66. The highest BCUT2D eigenvalue weighted by Gasteiger charge is 2.59. The summed E-state index contributed by atoms with van der Waals surface area (Å²) in [6.07, 6.45) is 2.07. The molecule has 2 aliphatic heterocycles. The Balaban J connectivity index is 1.41. The second-order valence-corrected chi connectivity index (χ2v) is 10.7. The van der Waals surface area contributed by atoms with Gasteiger partial charge >= 0.3 is 5.97 Å². The molecule has 0 saturated carbocycles. The first-order valence-corrected chi connectivity index (χ1v) is 14.0. The molecule has 2 amide bonds. The number of amides is 2. The lowest BCUT2D eigenvalue weighted by Crippen LogP contribution is -2.60. The Morgan fingerprint density at radius 1 is 1.10 bits per heavy atom. The number of piperidine rings is 1. The summed E-state index contributed by atoms with van der Waals surface area (Å²) in [6, 6.07) is 16.9. The minimum Gasteiger partial charge on any atom is -0.468 e. The van der Waals surface area contributed by atoms with Crippen LogP contribution in [0.4, 0.5) is 0 Å². The van der Waals surface area contributed by atoms with Crippen LogP contribution in [0, 0.1) is 18.3 Å². The number of rotatable bonds is 11. The van der Waals surface area contributed by atoms with Crippen LogP contribution in [0.2, 0.25) is 0 Å². The number of esters is 1. The van der Waals surface area contributed by atoms with Gasteiger partial charge in [0, 0.05) is 18.0 Å². The van der Waals surface area contributed by atoms with Crippen molar-refractivity contribution in [1.29, 1.82) is 0 Å². The first kappa shape index (κ1) is 29.3. The smallest absolute Gasteiger partial charge is 0.320 e. The van der Waals surface area contributed by atoms with Crippen molar-refractivity contribution >= 4 is 17.8 Å². The van der Waals surface area contributed by atoms with Gasteiger partial charge in [0.15, 0.2) is 0 Å². The second kappa shape index (κ2) is 12.8. The van der Waals surface area contributed by atoms with Crippen LogP contribution in [0.15, 0.2) is 81.5 Å². The van der Waals surface area contributed by atoms with E-state index in [0.717, 1.165) is 11.3 Å². The molecule has 10 nitrogen and oxygen atoms in total. The summed E-state index contributed by atoms with van der Waals surface area (Å²) in [6.45, 7) is 4.52. The number of hydrogen-bond donors (Lipinski definition) is 1. The molecule has 222 valence electrons. The van der Waals surface area contributed by atoms with Crippen molar-refractivity contribution < 1.29 is 37.4 Å². The summed E-state index contributed by atoms with van der Waals surface area (Å²) in [7, 11) is 1.32. The van der Waals surface area contributed by atoms with Gasteiger partial charge in [0.05, 0.1) is 45.8 Å². The fourth-order valence-electron chi connectivity index (χ4n) is 5.80. The number of methoxy groups -OCH3 is 1. The van der Waals surface area contributed by atoms with Gasteiger partial charge in [0.25, 0.3) is 0 Å². The molecular formula is C32H36N2O8. The molecule has 2 aromatic heterocycles. The maximum Gasteiger partial charge on any atom is 0.320 e. The molecule has 1 aromatic carbocycles. The van der Waals surface area contributed by atoms with Crippen LogP contribution in [-0.4, -0.2) is 48.6 Å². The molecule has 1 fully saturated rings. The van der Waals surface area contributed by atoms with Crippen LogP contribution in [0.3, 0.4) is 0 Å². The van der Waals surface area contributed by atoms with E-state index < -0.39 is 29.5 Å². The number of carbonyl (C=O) groups excluding carboxylic acids is 3. The number of benzene rings is 1. The van der Waals surface area contributed by atoms with E-state index in [2.05, 4.69) is 5.32 Å². The molecule has 0 spiro atoms. The monoisotopic (exact) mass is 576 g/mol. The Morgan fingerprint density at radius 2 is 1.90 bits per heavy atom. The van der Waals surface area contributed by atoms with Crippen molar-refractivity contribution in [2.45, 2.75) is 58.6 Å². The maximum atomic E-state index is 14.0. The summed E-state index contributed by atoms with van der Waals surface area (Å²) in [5, 5.41) is 2.82. The number of nitrogens with one attached hydrogen (secondary N) is 1. The molecule has 0 radical (unpaired) electrons. The highest BCUT2D eigenvalue weighted by atomic mass is 16.6. The molecule has 2 aliphatic rings. The van der Waals surface area contributed by atoms with E-state index in [1.54, 1.807) is 31.2 Å². The lowest BCUT2D eigenvalue weighted by Gasteiger charge is -2.51. The molecule has 5 rings (SSSR count). The summed E-state index contributed by atoms with van der Waals surface area (Å²) in [4.78, 5) is 42.1. The molecule has 0 unspecified atom stereocenters. The predicted octanol–water partition coefficient (Wildman–Crippen LogP) is 4.28. The van der Waals surface area contributed by atoms with Gasteiger partial charge in [-0.1, -0.05) is 30.3 Å². The average molecular weight is 577 g/mol. The highest BCUT2D eigenvalue weighted by Crippen LogP contribution is 2.50. The minimum absolute atomic E-state index is 0.0605. The number of nitrogens with zero attached hydrogens (tertiary/aromatic N) is 1. The molecule has 0 aliphatic carbocycles. The molecular weight excluding hydrogens is 540 g/mol. The van der Waals surface area contributed by atoms with Crippen LogP contribution in [-0.2, 0) is 48.3 Å². The Bertz CT molecular complexity index is 1410. The van der Waals surface area contributed by atoms with E-state index >= 15 is 0 Å². The number of fused-ring (bicyclic) bond motifs is 1. The zero-order valence-electron chi connectivity index (χ0n) is 24.0. The third-order valence-electron chi connectivity index (χ3n) is 7.87.